The molecular weight excluding hydrogens is 473 g/mol. The number of hydrogen-bond donors (Lipinski definition) is 1. The predicted molar refractivity (Wildman–Crippen MR) is 131 cm³/mol. The monoisotopic (exact) mass is 496 g/mol. The summed E-state index contributed by atoms with van der Waals surface area (Å²) in [5.74, 6) is -0.205. The number of rotatable bonds is 4. The number of nitrogens with one attached hydrogen (secondary N) is 1. The Balaban J connectivity index is 1.59. The van der Waals surface area contributed by atoms with E-state index in [1.165, 1.54) is 6.07 Å². The first-order valence-corrected chi connectivity index (χ1v) is 12.0. The van der Waals surface area contributed by atoms with E-state index in [2.05, 4.69) is 5.32 Å². The number of anilines is 2. The average Bonchev–Trinajstić information content (AvgIpc) is 3.29. The van der Waals surface area contributed by atoms with E-state index in [-0.39, 0.29) is 10.6 Å². The minimum absolute atomic E-state index is 0.0614. The van der Waals surface area contributed by atoms with Crippen molar-refractivity contribution >= 4 is 65.0 Å². The molecule has 2 heterocycles. The Morgan fingerprint density at radius 1 is 1.12 bits per heavy atom. The van der Waals surface area contributed by atoms with E-state index >= 15 is 0 Å². The zero-order valence-electron chi connectivity index (χ0n) is 18.3. The lowest BCUT2D eigenvalue weighted by Gasteiger charge is -2.32. The topological polar surface area (TPSA) is 50.8 Å². The molecule has 32 heavy (non-hydrogen) atoms. The first-order valence-electron chi connectivity index (χ1n) is 10.3. The van der Waals surface area contributed by atoms with Crippen LogP contribution in [0.25, 0.3) is 0 Å². The molecule has 2 aromatic rings. The summed E-state index contributed by atoms with van der Waals surface area (Å²) < 4.78 is 28.6. The minimum Gasteiger partial charge on any atom is -0.399 e. The van der Waals surface area contributed by atoms with Gasteiger partial charge in [-0.15, -0.1) is 0 Å². The van der Waals surface area contributed by atoms with Crippen molar-refractivity contribution in [1.29, 1.82) is 0 Å². The molecule has 0 unspecified atom stereocenters. The van der Waals surface area contributed by atoms with Gasteiger partial charge in [-0.05, 0) is 81.9 Å². The molecule has 4 rings (SSSR count). The highest BCUT2D eigenvalue weighted by Gasteiger charge is 2.51. The fraction of sp³-hybridized carbons (Fsp3) is 0.409. The Morgan fingerprint density at radius 2 is 1.81 bits per heavy atom. The summed E-state index contributed by atoms with van der Waals surface area (Å²) in [7, 11) is -0.633. The van der Waals surface area contributed by atoms with Gasteiger partial charge in [0.1, 0.15) is 5.82 Å². The van der Waals surface area contributed by atoms with E-state index in [0.29, 0.717) is 21.9 Å². The first kappa shape index (κ1) is 23.7. The molecule has 0 atom stereocenters. The number of amides is 1. The Hall–Kier alpha value is -1.45. The van der Waals surface area contributed by atoms with Gasteiger partial charge in [-0.3, -0.25) is 4.79 Å². The fourth-order valence-corrected chi connectivity index (χ4v) is 4.96. The van der Waals surface area contributed by atoms with Gasteiger partial charge >= 0.3 is 7.12 Å². The average molecular weight is 497 g/mol. The second-order valence-electron chi connectivity index (χ2n) is 8.89. The SMILES string of the molecule is CC1(C)OB(c2cc(Cl)cc(NC(=O)c3cc(N4CCCS4)cc(F)c3Cl)c2)OC1(C)C. The number of carbonyl (C=O) groups excluding carboxylic acids is 1. The van der Waals surface area contributed by atoms with Crippen LogP contribution in [-0.4, -0.2) is 36.5 Å². The molecule has 0 radical (unpaired) electrons. The maximum absolute atomic E-state index is 14.5. The van der Waals surface area contributed by atoms with Gasteiger partial charge in [0.2, 0.25) is 0 Å². The van der Waals surface area contributed by atoms with Crippen LogP contribution < -0.4 is 15.1 Å². The summed E-state index contributed by atoms with van der Waals surface area (Å²) in [5.41, 5.74) is 0.760. The zero-order chi connectivity index (χ0) is 23.3. The number of carbonyl (C=O) groups is 1. The molecule has 0 spiro atoms. The van der Waals surface area contributed by atoms with Crippen LogP contribution in [0.3, 0.4) is 0 Å². The van der Waals surface area contributed by atoms with Gasteiger partial charge in [0.25, 0.3) is 5.91 Å². The molecule has 2 aliphatic heterocycles. The van der Waals surface area contributed by atoms with Crippen molar-refractivity contribution in [3.63, 3.8) is 0 Å². The standard InChI is InChI=1S/C22H24BCl2FN2O3S/c1-21(2)22(3,4)31-23(30-21)13-8-14(24)10-15(9-13)27-20(29)17-11-16(12-18(26)19(17)25)28-6-5-7-32-28/h8-12H,5-7H2,1-4H3,(H,27,29). The second-order valence-corrected chi connectivity index (χ2v) is 10.8. The summed E-state index contributed by atoms with van der Waals surface area (Å²) >= 11 is 14.0. The summed E-state index contributed by atoms with van der Waals surface area (Å²) in [6, 6.07) is 8.04. The molecule has 2 saturated heterocycles. The molecule has 170 valence electrons. The minimum atomic E-state index is -0.634. The molecule has 0 aliphatic carbocycles. The molecule has 5 nitrogen and oxygen atoms in total. The Labute approximate surface area is 202 Å². The third kappa shape index (κ3) is 4.61. The summed E-state index contributed by atoms with van der Waals surface area (Å²) in [5, 5.41) is 2.97. The van der Waals surface area contributed by atoms with Gasteiger partial charge in [-0.25, -0.2) is 4.39 Å². The van der Waals surface area contributed by atoms with E-state index in [1.807, 2.05) is 32.0 Å². The molecule has 1 amide bonds. The van der Waals surface area contributed by atoms with Gasteiger partial charge in [-0.1, -0.05) is 23.2 Å². The summed E-state index contributed by atoms with van der Waals surface area (Å²) in [6.45, 7) is 8.63. The smallest absolute Gasteiger partial charge is 0.399 e. The van der Waals surface area contributed by atoms with Gasteiger partial charge in [0.05, 0.1) is 27.5 Å². The van der Waals surface area contributed by atoms with Gasteiger partial charge < -0.3 is 18.9 Å². The van der Waals surface area contributed by atoms with Gasteiger partial charge in [0.15, 0.2) is 0 Å². The van der Waals surface area contributed by atoms with E-state index < -0.39 is 30.0 Å². The van der Waals surface area contributed by atoms with Crippen LogP contribution >= 0.6 is 35.1 Å². The lowest BCUT2D eigenvalue weighted by Crippen LogP contribution is -2.41. The quantitative estimate of drug-likeness (QED) is 0.444. The number of hydrogen-bond acceptors (Lipinski definition) is 5. The van der Waals surface area contributed by atoms with Crippen LogP contribution in [0, 0.1) is 5.82 Å². The maximum atomic E-state index is 14.5. The third-order valence-electron chi connectivity index (χ3n) is 6.00. The Bertz CT molecular complexity index is 1050. The van der Waals surface area contributed by atoms with Crippen molar-refractivity contribution in [2.45, 2.75) is 45.3 Å². The molecule has 10 heteroatoms. The molecule has 0 bridgehead atoms. The van der Waals surface area contributed by atoms with Gasteiger partial charge in [0, 0.05) is 23.0 Å². The van der Waals surface area contributed by atoms with E-state index in [0.717, 1.165) is 18.7 Å². The second kappa shape index (κ2) is 8.72. The van der Waals surface area contributed by atoms with Crippen LogP contribution in [0.1, 0.15) is 44.5 Å². The van der Waals surface area contributed by atoms with Crippen molar-refractivity contribution in [2.75, 3.05) is 21.9 Å². The highest BCUT2D eigenvalue weighted by atomic mass is 35.5. The van der Waals surface area contributed by atoms with Crippen LogP contribution in [0.2, 0.25) is 10.0 Å². The van der Waals surface area contributed by atoms with Crippen molar-refractivity contribution in [2.24, 2.45) is 0 Å². The summed E-state index contributed by atoms with van der Waals surface area (Å²) in [4.78, 5) is 13.0. The fourth-order valence-electron chi connectivity index (χ4n) is 3.53. The van der Waals surface area contributed by atoms with Crippen molar-refractivity contribution in [3.8, 4) is 0 Å². The number of halogens is 3. The largest absolute Gasteiger partial charge is 0.494 e. The van der Waals surface area contributed by atoms with E-state index in [1.54, 1.807) is 36.2 Å². The third-order valence-corrected chi connectivity index (χ3v) is 7.78. The lowest BCUT2D eigenvalue weighted by atomic mass is 9.79. The molecule has 1 N–H and O–H groups in total. The van der Waals surface area contributed by atoms with E-state index in [9.17, 15) is 9.18 Å². The van der Waals surface area contributed by atoms with Crippen LogP contribution in [0.5, 0.6) is 0 Å². The molecule has 0 aromatic heterocycles. The van der Waals surface area contributed by atoms with Crippen LogP contribution in [0.4, 0.5) is 15.8 Å². The van der Waals surface area contributed by atoms with E-state index in [4.69, 9.17) is 32.5 Å². The Kier molecular flexibility index (Phi) is 6.46. The van der Waals surface area contributed by atoms with Crippen LogP contribution in [0.15, 0.2) is 30.3 Å². The van der Waals surface area contributed by atoms with Gasteiger partial charge in [-0.2, -0.15) is 0 Å². The van der Waals surface area contributed by atoms with Crippen molar-refractivity contribution < 1.29 is 18.5 Å². The molecule has 0 saturated carbocycles. The maximum Gasteiger partial charge on any atom is 0.494 e. The van der Waals surface area contributed by atoms with Crippen molar-refractivity contribution in [1.82, 2.24) is 0 Å². The Morgan fingerprint density at radius 3 is 2.44 bits per heavy atom. The zero-order valence-corrected chi connectivity index (χ0v) is 20.6. The molecule has 2 aliphatic rings. The molecule has 2 fully saturated rings. The van der Waals surface area contributed by atoms with Crippen LogP contribution in [-0.2, 0) is 9.31 Å². The normalized spacial score (nSPS) is 19.5. The highest BCUT2D eigenvalue weighted by molar-refractivity contribution is 8.00. The lowest BCUT2D eigenvalue weighted by molar-refractivity contribution is 0.00578. The van der Waals surface area contributed by atoms with Crippen molar-refractivity contribution in [3.05, 3.63) is 51.8 Å². The number of benzene rings is 2. The predicted octanol–water partition coefficient (Wildman–Crippen LogP) is 5.54. The number of nitrogens with zero attached hydrogens (tertiary/aromatic N) is 1. The first-order chi connectivity index (χ1) is 15.0. The molecular formula is C22H24BCl2FN2O3S. The summed E-state index contributed by atoms with van der Waals surface area (Å²) in [6.07, 6.45) is 1.00. The highest BCUT2D eigenvalue weighted by Crippen LogP contribution is 2.37. The molecule has 2 aromatic carbocycles.